The molecule has 1 aliphatic heterocycles. The summed E-state index contributed by atoms with van der Waals surface area (Å²) in [6, 6.07) is 7.49. The molecular weight excluding hydrogens is 244 g/mol. The Morgan fingerprint density at radius 3 is 2.35 bits per heavy atom. The lowest BCUT2D eigenvalue weighted by Crippen LogP contribution is -2.46. The highest BCUT2D eigenvalue weighted by Crippen LogP contribution is 2.35. The molecule has 1 heterocycles. The SMILES string of the molecule is Cc1ccc(C(CC(C)(C)C)N2CCNCC2)c(C)c1. The highest BCUT2D eigenvalue weighted by atomic mass is 15.2. The number of hydrogen-bond donors (Lipinski definition) is 1. The van der Waals surface area contributed by atoms with Gasteiger partial charge in [-0.25, -0.2) is 0 Å². The average Bonchev–Trinajstić information content (AvgIpc) is 2.36. The van der Waals surface area contributed by atoms with Crippen LogP contribution in [-0.2, 0) is 0 Å². The third-order valence-corrected chi connectivity index (χ3v) is 4.18. The van der Waals surface area contributed by atoms with Gasteiger partial charge in [0.2, 0.25) is 0 Å². The lowest BCUT2D eigenvalue weighted by Gasteiger charge is -2.39. The Morgan fingerprint density at radius 1 is 1.15 bits per heavy atom. The molecule has 0 aromatic heterocycles. The number of piperazine rings is 1. The molecule has 0 spiro atoms. The Labute approximate surface area is 124 Å². The fourth-order valence-corrected chi connectivity index (χ4v) is 3.21. The van der Waals surface area contributed by atoms with Crippen LogP contribution in [0, 0.1) is 19.3 Å². The number of benzene rings is 1. The van der Waals surface area contributed by atoms with E-state index in [0.29, 0.717) is 11.5 Å². The second-order valence-electron chi connectivity index (χ2n) is 7.43. The Kier molecular flexibility index (Phi) is 4.87. The second kappa shape index (κ2) is 6.28. The average molecular weight is 274 g/mol. The summed E-state index contributed by atoms with van der Waals surface area (Å²) < 4.78 is 0. The van der Waals surface area contributed by atoms with Crippen molar-refractivity contribution in [1.29, 1.82) is 0 Å². The van der Waals surface area contributed by atoms with Gasteiger partial charge < -0.3 is 5.32 Å². The van der Waals surface area contributed by atoms with Gasteiger partial charge in [-0.3, -0.25) is 4.90 Å². The normalized spacial score (nSPS) is 19.1. The quantitative estimate of drug-likeness (QED) is 0.904. The maximum Gasteiger partial charge on any atom is 0.0356 e. The van der Waals surface area contributed by atoms with Crippen molar-refractivity contribution < 1.29 is 0 Å². The molecule has 1 N–H and O–H groups in total. The highest BCUT2D eigenvalue weighted by molar-refractivity contribution is 5.33. The van der Waals surface area contributed by atoms with E-state index in [4.69, 9.17) is 0 Å². The van der Waals surface area contributed by atoms with Gasteiger partial charge in [0.15, 0.2) is 0 Å². The summed E-state index contributed by atoms with van der Waals surface area (Å²) in [6.45, 7) is 16.1. The van der Waals surface area contributed by atoms with E-state index in [0.717, 1.165) is 26.2 Å². The monoisotopic (exact) mass is 274 g/mol. The number of hydrogen-bond acceptors (Lipinski definition) is 2. The molecule has 0 amide bonds. The van der Waals surface area contributed by atoms with Gasteiger partial charge in [0.05, 0.1) is 0 Å². The van der Waals surface area contributed by atoms with E-state index in [1.165, 1.54) is 23.1 Å². The molecule has 2 nitrogen and oxygen atoms in total. The molecule has 2 rings (SSSR count). The van der Waals surface area contributed by atoms with E-state index >= 15 is 0 Å². The topological polar surface area (TPSA) is 15.3 Å². The van der Waals surface area contributed by atoms with Crippen molar-refractivity contribution in [3.63, 3.8) is 0 Å². The number of rotatable bonds is 3. The van der Waals surface area contributed by atoms with Gasteiger partial charge in [-0.15, -0.1) is 0 Å². The van der Waals surface area contributed by atoms with Crippen molar-refractivity contribution in [1.82, 2.24) is 10.2 Å². The van der Waals surface area contributed by atoms with Gasteiger partial charge in [0.25, 0.3) is 0 Å². The molecule has 0 radical (unpaired) electrons. The van der Waals surface area contributed by atoms with E-state index in [1.807, 2.05) is 0 Å². The minimum absolute atomic E-state index is 0.354. The van der Waals surface area contributed by atoms with Crippen molar-refractivity contribution in [2.24, 2.45) is 5.41 Å². The van der Waals surface area contributed by atoms with Crippen LogP contribution in [0.3, 0.4) is 0 Å². The van der Waals surface area contributed by atoms with Gasteiger partial charge in [0.1, 0.15) is 0 Å². The summed E-state index contributed by atoms with van der Waals surface area (Å²) in [7, 11) is 0. The standard InChI is InChI=1S/C18H30N2/c1-14-6-7-16(15(2)12-14)17(13-18(3,4)5)20-10-8-19-9-11-20/h6-7,12,17,19H,8-11,13H2,1-5H3. The highest BCUT2D eigenvalue weighted by Gasteiger charge is 2.27. The van der Waals surface area contributed by atoms with Crippen molar-refractivity contribution >= 4 is 0 Å². The van der Waals surface area contributed by atoms with E-state index in [-0.39, 0.29) is 0 Å². The first-order valence-corrected chi connectivity index (χ1v) is 7.89. The molecule has 1 fully saturated rings. The molecule has 2 heteroatoms. The summed E-state index contributed by atoms with van der Waals surface area (Å²) in [4.78, 5) is 2.67. The molecule has 1 aromatic rings. The lowest BCUT2D eigenvalue weighted by molar-refractivity contribution is 0.132. The van der Waals surface area contributed by atoms with Gasteiger partial charge >= 0.3 is 0 Å². The molecule has 112 valence electrons. The zero-order valence-electron chi connectivity index (χ0n) is 13.8. The molecular formula is C18H30N2. The molecule has 0 bridgehead atoms. The van der Waals surface area contributed by atoms with Crippen molar-refractivity contribution in [2.45, 2.75) is 47.1 Å². The van der Waals surface area contributed by atoms with E-state index in [2.05, 4.69) is 63.0 Å². The largest absolute Gasteiger partial charge is 0.314 e. The molecule has 0 aliphatic carbocycles. The molecule has 1 aromatic carbocycles. The van der Waals surface area contributed by atoms with Crippen LogP contribution in [0.1, 0.15) is 49.9 Å². The Balaban J connectivity index is 2.29. The summed E-state index contributed by atoms with van der Waals surface area (Å²) in [5.74, 6) is 0. The summed E-state index contributed by atoms with van der Waals surface area (Å²) in [5, 5.41) is 3.47. The number of nitrogens with one attached hydrogen (secondary N) is 1. The van der Waals surface area contributed by atoms with Gasteiger partial charge in [-0.1, -0.05) is 44.5 Å². The maximum atomic E-state index is 3.47. The first-order chi connectivity index (χ1) is 9.37. The minimum atomic E-state index is 0.354. The summed E-state index contributed by atoms with van der Waals surface area (Å²) >= 11 is 0. The maximum absolute atomic E-state index is 3.47. The van der Waals surface area contributed by atoms with Gasteiger partial charge in [-0.05, 0) is 36.8 Å². The van der Waals surface area contributed by atoms with E-state index in [9.17, 15) is 0 Å². The summed E-state index contributed by atoms with van der Waals surface area (Å²) in [6.07, 6.45) is 1.22. The van der Waals surface area contributed by atoms with Crippen LogP contribution in [-0.4, -0.2) is 31.1 Å². The fraction of sp³-hybridized carbons (Fsp3) is 0.667. The van der Waals surface area contributed by atoms with Gasteiger partial charge in [-0.2, -0.15) is 0 Å². The van der Waals surface area contributed by atoms with E-state index < -0.39 is 0 Å². The van der Waals surface area contributed by atoms with E-state index in [1.54, 1.807) is 0 Å². The van der Waals surface area contributed by atoms with Crippen LogP contribution in [0.25, 0.3) is 0 Å². The Hall–Kier alpha value is -0.860. The minimum Gasteiger partial charge on any atom is -0.314 e. The van der Waals surface area contributed by atoms with Crippen LogP contribution < -0.4 is 5.32 Å². The Morgan fingerprint density at radius 2 is 1.80 bits per heavy atom. The molecule has 1 unspecified atom stereocenters. The number of nitrogens with zero attached hydrogens (tertiary/aromatic N) is 1. The predicted octanol–water partition coefficient (Wildman–Crippen LogP) is 3.69. The second-order valence-corrected chi connectivity index (χ2v) is 7.43. The molecule has 0 saturated carbocycles. The van der Waals surface area contributed by atoms with Crippen LogP contribution in [0.5, 0.6) is 0 Å². The Bertz CT molecular complexity index is 439. The fourth-order valence-electron chi connectivity index (χ4n) is 3.21. The summed E-state index contributed by atoms with van der Waals surface area (Å²) in [5.41, 5.74) is 4.68. The van der Waals surface area contributed by atoms with Crippen LogP contribution >= 0.6 is 0 Å². The molecule has 20 heavy (non-hydrogen) atoms. The number of aryl methyl sites for hydroxylation is 2. The third kappa shape index (κ3) is 4.07. The van der Waals surface area contributed by atoms with Crippen molar-refractivity contribution in [3.05, 3.63) is 34.9 Å². The molecule has 1 atom stereocenters. The predicted molar refractivity (Wildman–Crippen MR) is 87.2 cm³/mol. The first-order valence-electron chi connectivity index (χ1n) is 7.89. The third-order valence-electron chi connectivity index (χ3n) is 4.18. The van der Waals surface area contributed by atoms with Crippen molar-refractivity contribution in [3.8, 4) is 0 Å². The van der Waals surface area contributed by atoms with Crippen LogP contribution in [0.4, 0.5) is 0 Å². The first kappa shape index (κ1) is 15.5. The van der Waals surface area contributed by atoms with Crippen LogP contribution in [0.15, 0.2) is 18.2 Å². The smallest absolute Gasteiger partial charge is 0.0356 e. The van der Waals surface area contributed by atoms with Crippen molar-refractivity contribution in [2.75, 3.05) is 26.2 Å². The van der Waals surface area contributed by atoms with Crippen LogP contribution in [0.2, 0.25) is 0 Å². The lowest BCUT2D eigenvalue weighted by atomic mass is 9.83. The zero-order chi connectivity index (χ0) is 14.8. The molecule has 1 aliphatic rings. The zero-order valence-corrected chi connectivity index (χ0v) is 13.8. The van der Waals surface area contributed by atoms with Gasteiger partial charge in [0, 0.05) is 32.2 Å². The molecule has 1 saturated heterocycles.